The lowest BCUT2D eigenvalue weighted by atomic mass is 10.1. The average molecular weight is 235 g/mol. The standard InChI is InChI=1S/C14H18FNO/c1-10(2)11(3)16-14(17)8-7-12-5-4-6-13(15)9-12/h4-11H,1-3H3,(H,16,17)/b8-7+. The van der Waals surface area contributed by atoms with E-state index in [1.165, 1.54) is 18.2 Å². The quantitative estimate of drug-likeness (QED) is 0.799. The van der Waals surface area contributed by atoms with E-state index in [2.05, 4.69) is 5.32 Å². The maximum Gasteiger partial charge on any atom is 0.244 e. The zero-order valence-corrected chi connectivity index (χ0v) is 10.4. The van der Waals surface area contributed by atoms with Crippen molar-refractivity contribution in [2.24, 2.45) is 5.92 Å². The first-order valence-corrected chi connectivity index (χ1v) is 5.73. The zero-order valence-electron chi connectivity index (χ0n) is 10.4. The van der Waals surface area contributed by atoms with Gasteiger partial charge in [0.1, 0.15) is 5.82 Å². The van der Waals surface area contributed by atoms with E-state index in [4.69, 9.17) is 0 Å². The summed E-state index contributed by atoms with van der Waals surface area (Å²) in [5, 5.41) is 2.84. The summed E-state index contributed by atoms with van der Waals surface area (Å²) in [6, 6.07) is 6.25. The summed E-state index contributed by atoms with van der Waals surface area (Å²) in [6.07, 6.45) is 3.03. The van der Waals surface area contributed by atoms with Crippen LogP contribution >= 0.6 is 0 Å². The summed E-state index contributed by atoms with van der Waals surface area (Å²) in [6.45, 7) is 6.04. The molecule has 3 heteroatoms. The Balaban J connectivity index is 2.57. The van der Waals surface area contributed by atoms with Crippen molar-refractivity contribution in [3.05, 3.63) is 41.7 Å². The fourth-order valence-electron chi connectivity index (χ4n) is 1.22. The molecule has 1 aromatic carbocycles. The van der Waals surface area contributed by atoms with E-state index >= 15 is 0 Å². The summed E-state index contributed by atoms with van der Waals surface area (Å²) in [4.78, 5) is 11.5. The van der Waals surface area contributed by atoms with Crippen molar-refractivity contribution in [3.8, 4) is 0 Å². The lowest BCUT2D eigenvalue weighted by Gasteiger charge is -2.15. The molecule has 17 heavy (non-hydrogen) atoms. The van der Waals surface area contributed by atoms with E-state index in [1.807, 2.05) is 20.8 Å². The fourth-order valence-corrected chi connectivity index (χ4v) is 1.22. The van der Waals surface area contributed by atoms with Gasteiger partial charge in [-0.05, 0) is 36.6 Å². The minimum absolute atomic E-state index is 0.125. The van der Waals surface area contributed by atoms with Gasteiger partial charge in [-0.3, -0.25) is 4.79 Å². The minimum Gasteiger partial charge on any atom is -0.350 e. The van der Waals surface area contributed by atoms with Crippen molar-refractivity contribution in [1.82, 2.24) is 5.32 Å². The third kappa shape index (κ3) is 4.81. The van der Waals surface area contributed by atoms with E-state index in [1.54, 1.807) is 18.2 Å². The number of halogens is 1. The Morgan fingerprint density at radius 2 is 2.06 bits per heavy atom. The fraction of sp³-hybridized carbons (Fsp3) is 0.357. The molecule has 0 aliphatic carbocycles. The molecule has 0 aliphatic rings. The molecule has 1 atom stereocenters. The summed E-state index contributed by atoms with van der Waals surface area (Å²) < 4.78 is 12.9. The van der Waals surface area contributed by atoms with Crippen LogP contribution in [-0.4, -0.2) is 11.9 Å². The first-order valence-electron chi connectivity index (χ1n) is 5.73. The predicted molar refractivity (Wildman–Crippen MR) is 67.9 cm³/mol. The first-order chi connectivity index (χ1) is 7.99. The highest BCUT2D eigenvalue weighted by molar-refractivity contribution is 5.91. The van der Waals surface area contributed by atoms with Gasteiger partial charge in [0.25, 0.3) is 0 Å². The molecule has 0 aromatic heterocycles. The largest absolute Gasteiger partial charge is 0.350 e. The van der Waals surface area contributed by atoms with E-state index in [9.17, 15) is 9.18 Å². The molecule has 0 bridgehead atoms. The molecule has 0 aliphatic heterocycles. The van der Waals surface area contributed by atoms with Crippen molar-refractivity contribution in [2.45, 2.75) is 26.8 Å². The maximum atomic E-state index is 12.9. The Morgan fingerprint density at radius 3 is 2.65 bits per heavy atom. The first kappa shape index (κ1) is 13.4. The van der Waals surface area contributed by atoms with Crippen molar-refractivity contribution in [1.29, 1.82) is 0 Å². The van der Waals surface area contributed by atoms with Crippen LogP contribution in [0.2, 0.25) is 0 Å². The monoisotopic (exact) mass is 235 g/mol. The third-order valence-electron chi connectivity index (χ3n) is 2.65. The second-order valence-electron chi connectivity index (χ2n) is 4.43. The molecular formula is C14H18FNO. The molecule has 0 spiro atoms. The van der Waals surface area contributed by atoms with Crippen LogP contribution in [0.1, 0.15) is 26.3 Å². The van der Waals surface area contributed by atoms with Crippen LogP contribution in [0.4, 0.5) is 4.39 Å². The van der Waals surface area contributed by atoms with Gasteiger partial charge < -0.3 is 5.32 Å². The summed E-state index contributed by atoms with van der Waals surface area (Å²) in [5.74, 6) is -0.0694. The zero-order chi connectivity index (χ0) is 12.8. The van der Waals surface area contributed by atoms with Crippen LogP contribution in [0.3, 0.4) is 0 Å². The molecule has 0 fully saturated rings. The summed E-state index contributed by atoms with van der Waals surface area (Å²) in [7, 11) is 0. The molecule has 0 radical (unpaired) electrons. The number of hydrogen-bond acceptors (Lipinski definition) is 1. The molecule has 1 amide bonds. The molecule has 1 rings (SSSR count). The highest BCUT2D eigenvalue weighted by atomic mass is 19.1. The topological polar surface area (TPSA) is 29.1 Å². The molecule has 1 N–H and O–H groups in total. The number of rotatable bonds is 4. The molecular weight excluding hydrogens is 217 g/mol. The van der Waals surface area contributed by atoms with Gasteiger partial charge >= 0.3 is 0 Å². The average Bonchev–Trinajstić information content (AvgIpc) is 2.26. The second-order valence-corrected chi connectivity index (χ2v) is 4.43. The molecule has 2 nitrogen and oxygen atoms in total. The third-order valence-corrected chi connectivity index (χ3v) is 2.65. The van der Waals surface area contributed by atoms with Crippen LogP contribution in [0, 0.1) is 11.7 Å². The second kappa shape index (κ2) is 6.18. The van der Waals surface area contributed by atoms with Crippen molar-refractivity contribution in [3.63, 3.8) is 0 Å². The lowest BCUT2D eigenvalue weighted by Crippen LogP contribution is -2.34. The van der Waals surface area contributed by atoms with Crippen LogP contribution in [-0.2, 0) is 4.79 Å². The number of amides is 1. The van der Waals surface area contributed by atoms with E-state index in [-0.39, 0.29) is 17.8 Å². The van der Waals surface area contributed by atoms with Gasteiger partial charge in [-0.15, -0.1) is 0 Å². The van der Waals surface area contributed by atoms with Crippen LogP contribution in [0.5, 0.6) is 0 Å². The van der Waals surface area contributed by atoms with Gasteiger partial charge in [0.2, 0.25) is 5.91 Å². The summed E-state index contributed by atoms with van der Waals surface area (Å²) >= 11 is 0. The van der Waals surface area contributed by atoms with Gasteiger partial charge in [0, 0.05) is 12.1 Å². The number of carbonyl (C=O) groups excluding carboxylic acids is 1. The van der Waals surface area contributed by atoms with Gasteiger partial charge in [-0.2, -0.15) is 0 Å². The lowest BCUT2D eigenvalue weighted by molar-refractivity contribution is -0.117. The highest BCUT2D eigenvalue weighted by Crippen LogP contribution is 2.05. The van der Waals surface area contributed by atoms with Crippen molar-refractivity contribution in [2.75, 3.05) is 0 Å². The molecule has 1 unspecified atom stereocenters. The number of hydrogen-bond donors (Lipinski definition) is 1. The van der Waals surface area contributed by atoms with Crippen molar-refractivity contribution >= 4 is 12.0 Å². The molecule has 0 heterocycles. The van der Waals surface area contributed by atoms with Crippen LogP contribution in [0.15, 0.2) is 30.3 Å². The Bertz CT molecular complexity index is 412. The normalized spacial score (nSPS) is 13.0. The van der Waals surface area contributed by atoms with E-state index in [0.717, 1.165) is 0 Å². The number of carbonyl (C=O) groups is 1. The van der Waals surface area contributed by atoms with Crippen LogP contribution < -0.4 is 5.32 Å². The van der Waals surface area contributed by atoms with Gasteiger partial charge in [-0.1, -0.05) is 26.0 Å². The van der Waals surface area contributed by atoms with Gasteiger partial charge in [0.15, 0.2) is 0 Å². The minimum atomic E-state index is -0.303. The molecule has 1 aromatic rings. The Kier molecular flexibility index (Phi) is 4.88. The van der Waals surface area contributed by atoms with Gasteiger partial charge in [-0.25, -0.2) is 4.39 Å². The van der Waals surface area contributed by atoms with Gasteiger partial charge in [0.05, 0.1) is 0 Å². The van der Waals surface area contributed by atoms with E-state index < -0.39 is 0 Å². The molecule has 0 saturated carbocycles. The SMILES string of the molecule is CC(C)C(C)NC(=O)/C=C/c1cccc(F)c1. The number of benzene rings is 1. The highest BCUT2D eigenvalue weighted by Gasteiger charge is 2.07. The maximum absolute atomic E-state index is 12.9. The summed E-state index contributed by atoms with van der Waals surface area (Å²) in [5.41, 5.74) is 0.678. The molecule has 92 valence electrons. The Morgan fingerprint density at radius 1 is 1.35 bits per heavy atom. The Hall–Kier alpha value is -1.64. The smallest absolute Gasteiger partial charge is 0.244 e. The van der Waals surface area contributed by atoms with E-state index in [0.29, 0.717) is 11.5 Å². The molecule has 0 saturated heterocycles. The Labute approximate surface area is 102 Å². The van der Waals surface area contributed by atoms with Crippen LogP contribution in [0.25, 0.3) is 6.08 Å². The number of nitrogens with one attached hydrogen (secondary N) is 1. The van der Waals surface area contributed by atoms with Crippen molar-refractivity contribution < 1.29 is 9.18 Å². The predicted octanol–water partition coefficient (Wildman–Crippen LogP) is 3.00.